The third-order valence-corrected chi connectivity index (χ3v) is 6.73. The molecule has 0 unspecified atom stereocenters. The molecule has 9 heteroatoms. The normalized spacial score (nSPS) is 12.2. The molecule has 8 nitrogen and oxygen atoms in total. The fourth-order valence-electron chi connectivity index (χ4n) is 3.92. The number of benzene rings is 3. The number of methoxy groups -OCH3 is 1. The van der Waals surface area contributed by atoms with Gasteiger partial charge in [-0.05, 0) is 49.4 Å². The van der Waals surface area contributed by atoms with E-state index < -0.39 is 27.9 Å². The molecule has 1 atom stereocenters. The lowest BCUT2D eigenvalue weighted by atomic mass is 10.2. The number of sulfonamides is 1. The van der Waals surface area contributed by atoms with Crippen LogP contribution in [0.1, 0.15) is 22.1 Å². The molecule has 0 amide bonds. The molecule has 0 saturated heterocycles. The summed E-state index contributed by atoms with van der Waals surface area (Å²) in [5, 5.41) is 0.535. The minimum absolute atomic E-state index is 0.219. The molecule has 4 rings (SSSR count). The molecule has 0 saturated carbocycles. The molecule has 1 aromatic heterocycles. The minimum atomic E-state index is -3.84. The highest BCUT2D eigenvalue weighted by Gasteiger charge is 2.31. The molecule has 0 aliphatic rings. The summed E-state index contributed by atoms with van der Waals surface area (Å²) in [5.74, 6) is 0.0527. The minimum Gasteiger partial charge on any atom is -0.465 e. The van der Waals surface area contributed by atoms with Gasteiger partial charge in [-0.15, -0.1) is 0 Å². The van der Waals surface area contributed by atoms with E-state index >= 15 is 0 Å². The molecule has 0 aliphatic carbocycles. The van der Waals surface area contributed by atoms with E-state index in [9.17, 15) is 18.0 Å². The van der Waals surface area contributed by atoms with Gasteiger partial charge in [-0.1, -0.05) is 36.4 Å². The van der Waals surface area contributed by atoms with Crippen LogP contribution in [0.2, 0.25) is 0 Å². The lowest BCUT2D eigenvalue weighted by Crippen LogP contribution is -2.44. The second kappa shape index (κ2) is 9.63. The second-order valence-electron chi connectivity index (χ2n) is 7.90. The van der Waals surface area contributed by atoms with Crippen LogP contribution < -0.4 is 9.04 Å². The molecule has 0 fully saturated rings. The Kier molecular flexibility index (Phi) is 6.61. The molecule has 0 aliphatic heterocycles. The summed E-state index contributed by atoms with van der Waals surface area (Å²) in [6.45, 7) is 1.50. The van der Waals surface area contributed by atoms with Crippen molar-refractivity contribution in [2.75, 3.05) is 17.7 Å². The Labute approximate surface area is 203 Å². The largest absolute Gasteiger partial charge is 0.465 e. The number of rotatable bonds is 7. The number of ether oxygens (including phenoxy) is 2. The van der Waals surface area contributed by atoms with Gasteiger partial charge in [0.25, 0.3) is 5.91 Å². The van der Waals surface area contributed by atoms with Crippen molar-refractivity contribution in [3.8, 4) is 11.5 Å². The van der Waals surface area contributed by atoms with Crippen LogP contribution in [-0.4, -0.2) is 44.3 Å². The van der Waals surface area contributed by atoms with Crippen molar-refractivity contribution in [3.05, 3.63) is 90.6 Å². The SMILES string of the molecule is COC(=O)c1cn(C(=O)[C@H](C)N(c2ccc(Oc3ccccc3)cc2)S(C)(=O)=O)c2ccccc12. The zero-order valence-electron chi connectivity index (χ0n) is 19.4. The molecule has 0 radical (unpaired) electrons. The van der Waals surface area contributed by atoms with Crippen LogP contribution in [0, 0.1) is 0 Å². The number of hydrogen-bond acceptors (Lipinski definition) is 6. The summed E-state index contributed by atoms with van der Waals surface area (Å²) in [7, 11) is -2.58. The van der Waals surface area contributed by atoms with Crippen molar-refractivity contribution < 1.29 is 27.5 Å². The van der Waals surface area contributed by atoms with Crippen LogP contribution in [0.4, 0.5) is 5.69 Å². The number of carbonyl (C=O) groups is 2. The standard InChI is InChI=1S/C26H24N2O6S/c1-18(25(29)27-17-23(26(30)33-2)22-11-7-8-12-24(22)27)28(35(3,31)32)19-13-15-21(16-14-19)34-20-9-5-4-6-10-20/h4-18H,1-3H3/t18-/m0/s1. The molecule has 4 aromatic rings. The first-order valence-electron chi connectivity index (χ1n) is 10.8. The van der Waals surface area contributed by atoms with Gasteiger partial charge in [0, 0.05) is 11.6 Å². The zero-order chi connectivity index (χ0) is 25.2. The van der Waals surface area contributed by atoms with Gasteiger partial charge in [-0.3, -0.25) is 13.7 Å². The molecule has 0 N–H and O–H groups in total. The van der Waals surface area contributed by atoms with Gasteiger partial charge >= 0.3 is 5.97 Å². The van der Waals surface area contributed by atoms with Crippen LogP contribution >= 0.6 is 0 Å². The predicted molar refractivity (Wildman–Crippen MR) is 134 cm³/mol. The van der Waals surface area contributed by atoms with Gasteiger partial charge in [0.2, 0.25) is 10.0 Å². The van der Waals surface area contributed by atoms with Gasteiger partial charge < -0.3 is 9.47 Å². The Morgan fingerprint density at radius 1 is 0.886 bits per heavy atom. The van der Waals surface area contributed by atoms with Crippen molar-refractivity contribution in [3.63, 3.8) is 0 Å². The number of anilines is 1. The topological polar surface area (TPSA) is 94.9 Å². The Balaban J connectivity index is 1.68. The van der Waals surface area contributed by atoms with Crippen molar-refractivity contribution in [2.45, 2.75) is 13.0 Å². The Morgan fingerprint density at radius 3 is 2.11 bits per heavy atom. The summed E-state index contributed by atoms with van der Waals surface area (Å²) in [6.07, 6.45) is 2.42. The monoisotopic (exact) mass is 492 g/mol. The fraction of sp³-hybridized carbons (Fsp3) is 0.154. The van der Waals surface area contributed by atoms with Crippen molar-refractivity contribution in [1.82, 2.24) is 4.57 Å². The van der Waals surface area contributed by atoms with E-state index in [0.29, 0.717) is 28.1 Å². The molecule has 180 valence electrons. The first-order valence-corrected chi connectivity index (χ1v) is 12.6. The average molecular weight is 493 g/mol. The second-order valence-corrected chi connectivity index (χ2v) is 9.76. The lowest BCUT2D eigenvalue weighted by molar-refractivity contribution is 0.0603. The number of nitrogens with zero attached hydrogens (tertiary/aromatic N) is 2. The number of aromatic nitrogens is 1. The summed E-state index contributed by atoms with van der Waals surface area (Å²) < 4.78 is 38.5. The summed E-state index contributed by atoms with van der Waals surface area (Å²) in [5.41, 5.74) is 1.00. The lowest BCUT2D eigenvalue weighted by Gasteiger charge is -2.28. The number of hydrogen-bond donors (Lipinski definition) is 0. The number of para-hydroxylation sites is 2. The van der Waals surface area contributed by atoms with Crippen LogP contribution in [0.25, 0.3) is 10.9 Å². The molecule has 35 heavy (non-hydrogen) atoms. The van der Waals surface area contributed by atoms with E-state index in [1.807, 2.05) is 18.2 Å². The van der Waals surface area contributed by atoms with Gasteiger partial charge in [0.15, 0.2) is 0 Å². The number of carbonyl (C=O) groups excluding carboxylic acids is 2. The number of fused-ring (bicyclic) bond motifs is 1. The van der Waals surface area contributed by atoms with E-state index in [1.54, 1.807) is 60.7 Å². The molecule has 0 spiro atoms. The van der Waals surface area contributed by atoms with E-state index in [2.05, 4.69) is 0 Å². The highest BCUT2D eigenvalue weighted by Crippen LogP contribution is 2.28. The Hall–Kier alpha value is -4.11. The van der Waals surface area contributed by atoms with Crippen molar-refractivity contribution in [2.24, 2.45) is 0 Å². The smallest absolute Gasteiger partial charge is 0.340 e. The molecular formula is C26H24N2O6S. The third kappa shape index (κ3) is 4.90. The van der Waals surface area contributed by atoms with Gasteiger partial charge in [-0.2, -0.15) is 0 Å². The van der Waals surface area contributed by atoms with Crippen molar-refractivity contribution >= 4 is 38.5 Å². The maximum absolute atomic E-state index is 13.5. The fourth-order valence-corrected chi connectivity index (χ4v) is 5.09. The predicted octanol–water partition coefficient (Wildman–Crippen LogP) is 4.72. The third-order valence-electron chi connectivity index (χ3n) is 5.49. The Bertz CT molecular complexity index is 1480. The Morgan fingerprint density at radius 2 is 1.49 bits per heavy atom. The summed E-state index contributed by atoms with van der Waals surface area (Å²) in [6, 6.07) is 21.4. The van der Waals surface area contributed by atoms with Crippen LogP contribution in [-0.2, 0) is 14.8 Å². The van der Waals surface area contributed by atoms with Crippen LogP contribution in [0.5, 0.6) is 11.5 Å². The summed E-state index contributed by atoms with van der Waals surface area (Å²) >= 11 is 0. The van der Waals surface area contributed by atoms with Gasteiger partial charge in [-0.25, -0.2) is 13.2 Å². The van der Waals surface area contributed by atoms with Gasteiger partial charge in [0.05, 0.1) is 30.1 Å². The zero-order valence-corrected chi connectivity index (χ0v) is 20.2. The quantitative estimate of drug-likeness (QED) is 0.347. The van der Waals surface area contributed by atoms with Crippen LogP contribution in [0.3, 0.4) is 0 Å². The molecular weight excluding hydrogens is 468 g/mol. The highest BCUT2D eigenvalue weighted by atomic mass is 32.2. The first kappa shape index (κ1) is 24.0. The molecule has 1 heterocycles. The molecule has 0 bridgehead atoms. The van der Waals surface area contributed by atoms with Crippen molar-refractivity contribution in [1.29, 1.82) is 0 Å². The summed E-state index contributed by atoms with van der Waals surface area (Å²) in [4.78, 5) is 25.8. The van der Waals surface area contributed by atoms with E-state index in [0.717, 1.165) is 10.6 Å². The van der Waals surface area contributed by atoms with Gasteiger partial charge in [0.1, 0.15) is 17.5 Å². The van der Waals surface area contributed by atoms with Crippen LogP contribution in [0.15, 0.2) is 85.1 Å². The number of esters is 1. The molecule has 3 aromatic carbocycles. The maximum atomic E-state index is 13.5. The highest BCUT2D eigenvalue weighted by molar-refractivity contribution is 7.92. The van der Waals surface area contributed by atoms with E-state index in [-0.39, 0.29) is 5.56 Å². The first-order chi connectivity index (χ1) is 16.7. The average Bonchev–Trinajstić information content (AvgIpc) is 3.24. The van der Waals surface area contributed by atoms with E-state index in [1.165, 1.54) is 24.8 Å². The maximum Gasteiger partial charge on any atom is 0.340 e. The van der Waals surface area contributed by atoms with E-state index in [4.69, 9.17) is 9.47 Å².